The first-order valence-electron chi connectivity index (χ1n) is 11.9. The molecule has 0 heterocycles. The molecule has 0 fully saturated rings. The average Bonchev–Trinajstić information content (AvgIpc) is 2.68. The molecule has 4 nitrogen and oxygen atoms in total. The summed E-state index contributed by atoms with van der Waals surface area (Å²) in [6.07, 6.45) is 20.2. The van der Waals surface area contributed by atoms with Crippen molar-refractivity contribution in [2.24, 2.45) is 5.92 Å². The summed E-state index contributed by atoms with van der Waals surface area (Å²) in [5.74, 6) is -0.365. The summed E-state index contributed by atoms with van der Waals surface area (Å²) in [4.78, 5) is 23.7. The third kappa shape index (κ3) is 15.9. The second kappa shape index (κ2) is 19.3. The first-order valence-corrected chi connectivity index (χ1v) is 11.9. The van der Waals surface area contributed by atoms with Crippen molar-refractivity contribution in [1.29, 1.82) is 0 Å². The van der Waals surface area contributed by atoms with Gasteiger partial charge in [0.05, 0.1) is 7.11 Å². The Morgan fingerprint density at radius 2 is 1.11 bits per heavy atom. The van der Waals surface area contributed by atoms with Crippen LogP contribution in [0.2, 0.25) is 0 Å². The molecule has 1 unspecified atom stereocenters. The van der Waals surface area contributed by atoms with Crippen LogP contribution in [0.25, 0.3) is 0 Å². The van der Waals surface area contributed by atoms with E-state index in [2.05, 4.69) is 12.2 Å². The highest BCUT2D eigenvalue weighted by molar-refractivity contribution is 5.84. The van der Waals surface area contributed by atoms with Crippen LogP contribution in [0.4, 0.5) is 0 Å². The van der Waals surface area contributed by atoms with E-state index in [-0.39, 0.29) is 17.8 Å². The van der Waals surface area contributed by atoms with Crippen LogP contribution in [0.5, 0.6) is 0 Å². The topological polar surface area (TPSA) is 55.4 Å². The Bertz CT molecular complexity index is 382. The van der Waals surface area contributed by atoms with Crippen molar-refractivity contribution >= 4 is 11.9 Å². The van der Waals surface area contributed by atoms with Crippen LogP contribution in [0.3, 0.4) is 0 Å². The van der Waals surface area contributed by atoms with Crippen molar-refractivity contribution in [2.75, 3.05) is 7.11 Å². The zero-order valence-corrected chi connectivity index (χ0v) is 19.2. The summed E-state index contributed by atoms with van der Waals surface area (Å²) in [6, 6.07) is -0.533. The van der Waals surface area contributed by atoms with Gasteiger partial charge in [0.15, 0.2) is 0 Å². The number of carbonyl (C=O) groups is 2. The van der Waals surface area contributed by atoms with Crippen molar-refractivity contribution in [3.8, 4) is 0 Å². The van der Waals surface area contributed by atoms with Gasteiger partial charge in [-0.2, -0.15) is 0 Å². The number of hydrogen-bond donors (Lipinski definition) is 1. The number of carbonyl (C=O) groups excluding carboxylic acids is 2. The van der Waals surface area contributed by atoms with Crippen molar-refractivity contribution in [3.05, 3.63) is 0 Å². The molecule has 0 aliphatic carbocycles. The Morgan fingerprint density at radius 1 is 0.714 bits per heavy atom. The lowest BCUT2D eigenvalue weighted by Gasteiger charge is -2.19. The molecule has 0 aliphatic rings. The minimum atomic E-state index is -0.533. The highest BCUT2D eigenvalue weighted by atomic mass is 16.5. The first kappa shape index (κ1) is 26.9. The van der Waals surface area contributed by atoms with Crippen LogP contribution in [0.15, 0.2) is 0 Å². The fraction of sp³-hybridized carbons (Fsp3) is 0.917. The molecule has 1 atom stereocenters. The van der Waals surface area contributed by atoms with Gasteiger partial charge in [0.1, 0.15) is 6.04 Å². The van der Waals surface area contributed by atoms with Crippen LogP contribution in [-0.4, -0.2) is 25.0 Å². The lowest BCUT2D eigenvalue weighted by Crippen LogP contribution is -2.44. The van der Waals surface area contributed by atoms with Gasteiger partial charge >= 0.3 is 5.97 Å². The van der Waals surface area contributed by atoms with Gasteiger partial charge in [-0.15, -0.1) is 0 Å². The van der Waals surface area contributed by atoms with E-state index in [1.54, 1.807) is 0 Å². The van der Waals surface area contributed by atoms with Crippen LogP contribution in [0.1, 0.15) is 124 Å². The van der Waals surface area contributed by atoms with E-state index in [0.717, 1.165) is 12.8 Å². The zero-order valence-electron chi connectivity index (χ0n) is 19.2. The van der Waals surface area contributed by atoms with Crippen LogP contribution < -0.4 is 5.32 Å². The molecule has 4 heteroatoms. The smallest absolute Gasteiger partial charge is 0.328 e. The van der Waals surface area contributed by atoms with E-state index >= 15 is 0 Å². The number of nitrogens with one attached hydrogen (secondary N) is 1. The molecule has 0 saturated heterocycles. The number of rotatable bonds is 19. The molecule has 0 spiro atoms. The zero-order chi connectivity index (χ0) is 21.0. The monoisotopic (exact) mass is 397 g/mol. The standard InChI is InChI=1S/C24H47NO3/c1-5-6-7-8-9-10-11-12-13-14-15-16-17-18-19-20-22(26)25-23(21(2)3)24(27)28-4/h21,23H,5-20H2,1-4H3,(H,25,26). The maximum atomic E-state index is 12.0. The third-order valence-corrected chi connectivity index (χ3v) is 5.45. The van der Waals surface area contributed by atoms with Crippen molar-refractivity contribution < 1.29 is 14.3 Å². The Morgan fingerprint density at radius 3 is 1.46 bits per heavy atom. The van der Waals surface area contributed by atoms with E-state index in [1.165, 1.54) is 90.6 Å². The third-order valence-electron chi connectivity index (χ3n) is 5.45. The fourth-order valence-electron chi connectivity index (χ4n) is 3.53. The number of amides is 1. The largest absolute Gasteiger partial charge is 0.467 e. The highest BCUT2D eigenvalue weighted by Gasteiger charge is 2.24. The van der Waals surface area contributed by atoms with Crippen molar-refractivity contribution in [3.63, 3.8) is 0 Å². The molecule has 0 rings (SSSR count). The molecular weight excluding hydrogens is 350 g/mol. The molecule has 0 saturated carbocycles. The summed E-state index contributed by atoms with van der Waals surface area (Å²) >= 11 is 0. The van der Waals surface area contributed by atoms with E-state index in [0.29, 0.717) is 6.42 Å². The van der Waals surface area contributed by atoms with Crippen molar-refractivity contribution in [2.45, 2.75) is 130 Å². The number of esters is 1. The van der Waals surface area contributed by atoms with Gasteiger partial charge in [-0.3, -0.25) is 4.79 Å². The summed E-state index contributed by atoms with van der Waals surface area (Å²) in [5.41, 5.74) is 0. The molecule has 0 aromatic heterocycles. The van der Waals surface area contributed by atoms with E-state index in [9.17, 15) is 9.59 Å². The molecule has 0 aliphatic heterocycles. The average molecular weight is 398 g/mol. The van der Waals surface area contributed by atoms with E-state index in [4.69, 9.17) is 4.74 Å². The minimum Gasteiger partial charge on any atom is -0.467 e. The quantitative estimate of drug-likeness (QED) is 0.198. The fourth-order valence-corrected chi connectivity index (χ4v) is 3.53. The van der Waals surface area contributed by atoms with Gasteiger partial charge in [-0.25, -0.2) is 4.79 Å². The lowest BCUT2D eigenvalue weighted by molar-refractivity contribution is -0.146. The maximum Gasteiger partial charge on any atom is 0.328 e. The number of hydrogen-bond acceptors (Lipinski definition) is 3. The first-order chi connectivity index (χ1) is 13.5. The SMILES string of the molecule is CCCCCCCCCCCCCCCCCC(=O)NC(C(=O)OC)C(C)C. The van der Waals surface area contributed by atoms with Gasteiger partial charge in [0.2, 0.25) is 5.91 Å². The Kier molecular flexibility index (Phi) is 18.5. The van der Waals surface area contributed by atoms with Crippen LogP contribution in [-0.2, 0) is 14.3 Å². The molecule has 166 valence electrons. The van der Waals surface area contributed by atoms with Gasteiger partial charge in [0, 0.05) is 6.42 Å². The Balaban J connectivity index is 3.43. The molecule has 0 bridgehead atoms. The number of ether oxygens (including phenoxy) is 1. The Hall–Kier alpha value is -1.06. The molecule has 0 aromatic rings. The summed E-state index contributed by atoms with van der Waals surface area (Å²) < 4.78 is 4.75. The summed E-state index contributed by atoms with van der Waals surface area (Å²) in [5, 5.41) is 2.80. The van der Waals surface area contributed by atoms with Gasteiger partial charge in [-0.05, 0) is 12.3 Å². The van der Waals surface area contributed by atoms with Gasteiger partial charge < -0.3 is 10.1 Å². The molecular formula is C24H47NO3. The summed E-state index contributed by atoms with van der Waals surface area (Å²) in [7, 11) is 1.36. The van der Waals surface area contributed by atoms with E-state index in [1.807, 2.05) is 13.8 Å². The van der Waals surface area contributed by atoms with Crippen LogP contribution in [0, 0.1) is 5.92 Å². The van der Waals surface area contributed by atoms with Gasteiger partial charge in [0.25, 0.3) is 0 Å². The normalized spacial score (nSPS) is 12.2. The highest BCUT2D eigenvalue weighted by Crippen LogP contribution is 2.14. The minimum absolute atomic E-state index is 0.0393. The van der Waals surface area contributed by atoms with Crippen LogP contribution >= 0.6 is 0 Å². The molecule has 1 amide bonds. The lowest BCUT2D eigenvalue weighted by atomic mass is 10.0. The molecule has 1 N–H and O–H groups in total. The second-order valence-electron chi connectivity index (χ2n) is 8.51. The second-order valence-corrected chi connectivity index (χ2v) is 8.51. The number of unbranched alkanes of at least 4 members (excludes halogenated alkanes) is 14. The number of methoxy groups -OCH3 is 1. The predicted octanol–water partition coefficient (Wildman–Crippen LogP) is 6.56. The molecule has 0 aromatic carbocycles. The van der Waals surface area contributed by atoms with Crippen molar-refractivity contribution in [1.82, 2.24) is 5.32 Å². The predicted molar refractivity (Wildman–Crippen MR) is 118 cm³/mol. The maximum absolute atomic E-state index is 12.0. The molecule has 0 radical (unpaired) electrons. The molecule has 28 heavy (non-hydrogen) atoms. The van der Waals surface area contributed by atoms with Gasteiger partial charge in [-0.1, -0.05) is 111 Å². The Labute approximate surface area is 174 Å². The van der Waals surface area contributed by atoms with E-state index < -0.39 is 6.04 Å². The summed E-state index contributed by atoms with van der Waals surface area (Å²) in [6.45, 7) is 6.09.